The molecule has 0 aliphatic heterocycles. The zero-order valence-electron chi connectivity index (χ0n) is 11.4. The number of rotatable bonds is 6. The lowest BCUT2D eigenvalue weighted by Gasteiger charge is -2.07. The van der Waals surface area contributed by atoms with Gasteiger partial charge in [-0.2, -0.15) is 5.10 Å². The molecule has 0 saturated heterocycles. The van der Waals surface area contributed by atoms with E-state index in [1.165, 1.54) is 0 Å². The summed E-state index contributed by atoms with van der Waals surface area (Å²) in [5.74, 6) is 1.44. The summed E-state index contributed by atoms with van der Waals surface area (Å²) in [6.45, 7) is 5.62. The van der Waals surface area contributed by atoms with Gasteiger partial charge in [-0.25, -0.2) is 0 Å². The number of aromatic nitrogens is 2. The summed E-state index contributed by atoms with van der Waals surface area (Å²) in [5, 5.41) is 4.50. The van der Waals surface area contributed by atoms with E-state index in [0.29, 0.717) is 12.5 Å². The number of hydrogen-bond donors (Lipinski definition) is 0. The lowest BCUT2D eigenvalue weighted by atomic mass is 10.2. The Morgan fingerprint density at radius 1 is 1.21 bits per heavy atom. The van der Waals surface area contributed by atoms with Crippen molar-refractivity contribution in [3.63, 3.8) is 0 Å². The van der Waals surface area contributed by atoms with E-state index in [0.717, 1.165) is 35.7 Å². The smallest absolute Gasteiger partial charge is 0.119 e. The fourth-order valence-corrected chi connectivity index (χ4v) is 2.45. The molecular weight excluding hydrogens is 260 g/mol. The van der Waals surface area contributed by atoms with E-state index in [2.05, 4.69) is 12.0 Å². The average molecular weight is 279 g/mol. The first-order valence-corrected chi connectivity index (χ1v) is 7.02. The van der Waals surface area contributed by atoms with Crippen LogP contribution in [0.4, 0.5) is 0 Å². The standard InChI is InChI=1S/C15H19ClN2O/c1-12-15(11-16)13(2)18(17-12)9-6-10-19-14-7-4-3-5-8-14/h3-5,7-8H,6,9-11H2,1-2H3. The van der Waals surface area contributed by atoms with Crippen molar-refractivity contribution in [3.05, 3.63) is 47.3 Å². The summed E-state index contributed by atoms with van der Waals surface area (Å²) < 4.78 is 7.68. The summed E-state index contributed by atoms with van der Waals surface area (Å²) >= 11 is 5.91. The molecule has 0 atom stereocenters. The van der Waals surface area contributed by atoms with E-state index in [9.17, 15) is 0 Å². The van der Waals surface area contributed by atoms with Crippen molar-refractivity contribution in [2.45, 2.75) is 32.7 Å². The Kier molecular flexibility index (Phi) is 4.86. The van der Waals surface area contributed by atoms with E-state index in [4.69, 9.17) is 16.3 Å². The lowest BCUT2D eigenvalue weighted by Crippen LogP contribution is -2.07. The second kappa shape index (κ2) is 6.62. The molecule has 0 N–H and O–H groups in total. The van der Waals surface area contributed by atoms with Crippen molar-refractivity contribution >= 4 is 11.6 Å². The van der Waals surface area contributed by atoms with Crippen molar-refractivity contribution in [1.29, 1.82) is 0 Å². The first kappa shape index (κ1) is 13.9. The lowest BCUT2D eigenvalue weighted by molar-refractivity contribution is 0.298. The van der Waals surface area contributed by atoms with Crippen molar-refractivity contribution in [2.24, 2.45) is 0 Å². The van der Waals surface area contributed by atoms with Crippen molar-refractivity contribution in [1.82, 2.24) is 9.78 Å². The Balaban J connectivity index is 1.83. The molecule has 2 rings (SSSR count). The number of benzene rings is 1. The Hall–Kier alpha value is -1.48. The maximum absolute atomic E-state index is 5.91. The van der Waals surface area contributed by atoms with Gasteiger partial charge in [0, 0.05) is 24.2 Å². The molecule has 1 aromatic heterocycles. The molecule has 1 aromatic carbocycles. The number of ether oxygens (including phenoxy) is 1. The molecule has 0 aliphatic carbocycles. The van der Waals surface area contributed by atoms with E-state index in [1.807, 2.05) is 41.9 Å². The van der Waals surface area contributed by atoms with Crippen molar-refractivity contribution < 1.29 is 4.74 Å². The largest absolute Gasteiger partial charge is 0.494 e. The molecular formula is C15H19ClN2O. The molecule has 0 bridgehead atoms. The second-order valence-electron chi connectivity index (χ2n) is 4.52. The minimum Gasteiger partial charge on any atom is -0.494 e. The Labute approximate surface area is 119 Å². The molecule has 4 heteroatoms. The molecule has 0 unspecified atom stereocenters. The first-order valence-electron chi connectivity index (χ1n) is 6.49. The highest BCUT2D eigenvalue weighted by molar-refractivity contribution is 6.17. The summed E-state index contributed by atoms with van der Waals surface area (Å²) in [4.78, 5) is 0. The van der Waals surface area contributed by atoms with E-state index in [-0.39, 0.29) is 0 Å². The van der Waals surface area contributed by atoms with Crippen LogP contribution >= 0.6 is 11.6 Å². The highest BCUT2D eigenvalue weighted by Crippen LogP contribution is 2.15. The van der Waals surface area contributed by atoms with E-state index < -0.39 is 0 Å². The number of alkyl halides is 1. The molecule has 0 saturated carbocycles. The molecule has 0 fully saturated rings. The topological polar surface area (TPSA) is 27.1 Å². The minimum absolute atomic E-state index is 0.526. The van der Waals surface area contributed by atoms with Crippen LogP contribution in [0.1, 0.15) is 23.4 Å². The molecule has 0 amide bonds. The number of halogens is 1. The van der Waals surface area contributed by atoms with Gasteiger partial charge < -0.3 is 4.74 Å². The summed E-state index contributed by atoms with van der Waals surface area (Å²) in [6.07, 6.45) is 0.929. The summed E-state index contributed by atoms with van der Waals surface area (Å²) in [5.41, 5.74) is 3.33. The highest BCUT2D eigenvalue weighted by Gasteiger charge is 2.09. The van der Waals surface area contributed by atoms with E-state index >= 15 is 0 Å². The van der Waals surface area contributed by atoms with Gasteiger partial charge in [0.25, 0.3) is 0 Å². The van der Waals surface area contributed by atoms with Gasteiger partial charge in [0.1, 0.15) is 5.75 Å². The first-order chi connectivity index (χ1) is 9.22. The fraction of sp³-hybridized carbons (Fsp3) is 0.400. The van der Waals surface area contributed by atoms with Gasteiger partial charge in [0.05, 0.1) is 18.2 Å². The summed E-state index contributed by atoms with van der Waals surface area (Å²) in [6, 6.07) is 9.87. The Bertz CT molecular complexity index is 522. The van der Waals surface area contributed by atoms with Crippen LogP contribution in [0, 0.1) is 13.8 Å². The number of aryl methyl sites for hydroxylation is 2. The van der Waals surface area contributed by atoms with E-state index in [1.54, 1.807) is 0 Å². The predicted molar refractivity (Wildman–Crippen MR) is 77.8 cm³/mol. The maximum atomic E-state index is 5.91. The Morgan fingerprint density at radius 2 is 1.95 bits per heavy atom. The monoisotopic (exact) mass is 278 g/mol. The average Bonchev–Trinajstić information content (AvgIpc) is 2.70. The van der Waals surface area contributed by atoms with Crippen LogP contribution in [0.2, 0.25) is 0 Å². The van der Waals surface area contributed by atoms with Gasteiger partial charge >= 0.3 is 0 Å². The number of hydrogen-bond acceptors (Lipinski definition) is 2. The van der Waals surface area contributed by atoms with Crippen molar-refractivity contribution in [2.75, 3.05) is 6.61 Å². The SMILES string of the molecule is Cc1nn(CCCOc2ccccc2)c(C)c1CCl. The molecule has 2 aromatic rings. The minimum atomic E-state index is 0.526. The van der Waals surface area contributed by atoms with Crippen LogP contribution in [-0.4, -0.2) is 16.4 Å². The van der Waals surface area contributed by atoms with Gasteiger partial charge in [0.2, 0.25) is 0 Å². The van der Waals surface area contributed by atoms with Crippen LogP contribution in [0.25, 0.3) is 0 Å². The third-order valence-corrected chi connectivity index (χ3v) is 3.46. The zero-order valence-corrected chi connectivity index (χ0v) is 12.2. The van der Waals surface area contributed by atoms with Crippen LogP contribution < -0.4 is 4.74 Å². The van der Waals surface area contributed by atoms with Crippen LogP contribution in [-0.2, 0) is 12.4 Å². The second-order valence-corrected chi connectivity index (χ2v) is 4.79. The molecule has 19 heavy (non-hydrogen) atoms. The van der Waals surface area contributed by atoms with Gasteiger partial charge in [-0.15, -0.1) is 11.6 Å². The van der Waals surface area contributed by atoms with Crippen LogP contribution in [0.15, 0.2) is 30.3 Å². The fourth-order valence-electron chi connectivity index (χ4n) is 2.07. The van der Waals surface area contributed by atoms with Gasteiger partial charge in [-0.1, -0.05) is 18.2 Å². The molecule has 0 aliphatic rings. The molecule has 0 radical (unpaired) electrons. The number of nitrogens with zero attached hydrogens (tertiary/aromatic N) is 2. The van der Waals surface area contributed by atoms with Crippen LogP contribution in [0.3, 0.4) is 0 Å². The third-order valence-electron chi connectivity index (χ3n) is 3.19. The predicted octanol–water partition coefficient (Wildman–Crippen LogP) is 3.71. The normalized spacial score (nSPS) is 10.7. The van der Waals surface area contributed by atoms with Gasteiger partial charge in [-0.05, 0) is 26.0 Å². The van der Waals surface area contributed by atoms with Crippen LogP contribution in [0.5, 0.6) is 5.75 Å². The Morgan fingerprint density at radius 3 is 2.58 bits per heavy atom. The molecule has 3 nitrogen and oxygen atoms in total. The third kappa shape index (κ3) is 3.51. The molecule has 1 heterocycles. The quantitative estimate of drug-likeness (QED) is 0.595. The highest BCUT2D eigenvalue weighted by atomic mass is 35.5. The maximum Gasteiger partial charge on any atom is 0.119 e. The molecule has 102 valence electrons. The zero-order chi connectivity index (χ0) is 13.7. The van der Waals surface area contributed by atoms with Gasteiger partial charge in [0.15, 0.2) is 0 Å². The van der Waals surface area contributed by atoms with Crippen molar-refractivity contribution in [3.8, 4) is 5.75 Å². The summed E-state index contributed by atoms with van der Waals surface area (Å²) in [7, 11) is 0. The molecule has 0 spiro atoms. The number of para-hydroxylation sites is 1. The van der Waals surface area contributed by atoms with Gasteiger partial charge in [-0.3, -0.25) is 4.68 Å².